The predicted molar refractivity (Wildman–Crippen MR) is 47.7 cm³/mol. The van der Waals surface area contributed by atoms with Crippen LogP contribution in [0, 0.1) is 0 Å². The molecule has 0 spiro atoms. The van der Waals surface area contributed by atoms with Crippen molar-refractivity contribution in [2.45, 2.75) is 13.8 Å². The molecule has 0 aromatic rings. The Morgan fingerprint density at radius 3 is 2.55 bits per heavy atom. The molecule has 0 aromatic carbocycles. The first-order valence-electron chi connectivity index (χ1n) is 3.27. The average Bonchev–Trinajstić information content (AvgIpc) is 1.89. The van der Waals surface area contributed by atoms with Gasteiger partial charge in [0.15, 0.2) is 0 Å². The molecule has 3 heteroatoms. The van der Waals surface area contributed by atoms with Crippen LogP contribution in [0.1, 0.15) is 13.8 Å². The van der Waals surface area contributed by atoms with E-state index in [0.29, 0.717) is 6.61 Å². The van der Waals surface area contributed by atoms with Crippen molar-refractivity contribution in [3.63, 3.8) is 0 Å². The van der Waals surface area contributed by atoms with Gasteiger partial charge in [0.05, 0.1) is 6.61 Å². The molecular formula is C8H13KO2. The summed E-state index contributed by atoms with van der Waals surface area (Å²) in [6, 6.07) is 0. The van der Waals surface area contributed by atoms with Gasteiger partial charge in [0, 0.05) is 6.08 Å². The van der Waals surface area contributed by atoms with E-state index in [2.05, 4.69) is 4.74 Å². The van der Waals surface area contributed by atoms with E-state index < -0.39 is 0 Å². The Morgan fingerprint density at radius 2 is 2.09 bits per heavy atom. The molecule has 0 aliphatic rings. The molecule has 0 unspecified atom stereocenters. The fraction of sp³-hybridized carbons (Fsp3) is 0.375. The van der Waals surface area contributed by atoms with Crippen LogP contribution in [-0.4, -0.2) is 64.0 Å². The van der Waals surface area contributed by atoms with E-state index in [1.807, 2.05) is 13.0 Å². The first-order chi connectivity index (χ1) is 4.81. The Labute approximate surface area is 110 Å². The Kier molecular flexibility index (Phi) is 13.6. The fourth-order valence-electron chi connectivity index (χ4n) is 0.436. The molecule has 0 amide bonds. The molecule has 0 atom stereocenters. The molecule has 0 rings (SSSR count). The zero-order valence-electron chi connectivity index (χ0n) is 6.33. The minimum atomic E-state index is -0.291. The summed E-state index contributed by atoms with van der Waals surface area (Å²) in [6.45, 7) is 4.09. The number of hydrogen-bond donors (Lipinski definition) is 0. The molecule has 0 aliphatic heterocycles. The van der Waals surface area contributed by atoms with Crippen molar-refractivity contribution in [1.82, 2.24) is 0 Å². The van der Waals surface area contributed by atoms with Gasteiger partial charge >= 0.3 is 57.4 Å². The first kappa shape index (κ1) is 14.1. The first-order valence-corrected chi connectivity index (χ1v) is 3.27. The maximum absolute atomic E-state index is 10.6. The fourth-order valence-corrected chi connectivity index (χ4v) is 0.436. The van der Waals surface area contributed by atoms with Gasteiger partial charge in [-0.1, -0.05) is 18.2 Å². The van der Waals surface area contributed by atoms with Gasteiger partial charge in [-0.25, -0.2) is 4.79 Å². The van der Waals surface area contributed by atoms with Crippen molar-refractivity contribution < 1.29 is 9.53 Å². The molecular weight excluding hydrogens is 167 g/mol. The second kappa shape index (κ2) is 10.6. The molecule has 0 saturated carbocycles. The van der Waals surface area contributed by atoms with Crippen molar-refractivity contribution in [1.29, 1.82) is 0 Å². The van der Waals surface area contributed by atoms with Crippen molar-refractivity contribution in [2.75, 3.05) is 6.61 Å². The van der Waals surface area contributed by atoms with Crippen LogP contribution in [0.2, 0.25) is 0 Å². The zero-order chi connectivity index (χ0) is 7.82. The third-order valence-corrected chi connectivity index (χ3v) is 0.822. The van der Waals surface area contributed by atoms with Gasteiger partial charge in [0.2, 0.25) is 0 Å². The monoisotopic (exact) mass is 180 g/mol. The average molecular weight is 180 g/mol. The molecule has 0 aromatic heterocycles. The second-order valence-corrected chi connectivity index (χ2v) is 1.64. The summed E-state index contributed by atoms with van der Waals surface area (Å²) < 4.78 is 4.63. The van der Waals surface area contributed by atoms with Gasteiger partial charge in [-0.15, -0.1) is 0 Å². The van der Waals surface area contributed by atoms with E-state index in [1.54, 1.807) is 19.1 Å². The summed E-state index contributed by atoms with van der Waals surface area (Å²) in [5, 5.41) is 0. The van der Waals surface area contributed by atoms with Crippen LogP contribution in [0.4, 0.5) is 0 Å². The van der Waals surface area contributed by atoms with Gasteiger partial charge in [-0.3, -0.25) is 0 Å². The maximum atomic E-state index is 10.6. The van der Waals surface area contributed by atoms with E-state index in [0.717, 1.165) is 0 Å². The third kappa shape index (κ3) is 10.6. The number of esters is 1. The van der Waals surface area contributed by atoms with E-state index in [4.69, 9.17) is 0 Å². The van der Waals surface area contributed by atoms with Crippen LogP contribution in [0.5, 0.6) is 0 Å². The van der Waals surface area contributed by atoms with Gasteiger partial charge in [0.1, 0.15) is 0 Å². The normalized spacial score (nSPS) is 10.0. The molecule has 0 aliphatic carbocycles. The number of carbonyl (C=O) groups is 1. The molecule has 58 valence electrons. The molecule has 0 heterocycles. The predicted octanol–water partition coefficient (Wildman–Crippen LogP) is 1.03. The van der Waals surface area contributed by atoms with E-state index in [-0.39, 0.29) is 57.4 Å². The Balaban J connectivity index is 0. The SMILES string of the molecule is C/C=C/C=C/C(=O)OCC.[KH]. The number of hydrogen-bond acceptors (Lipinski definition) is 2. The number of allylic oxidation sites excluding steroid dienone is 3. The second-order valence-electron chi connectivity index (χ2n) is 1.64. The summed E-state index contributed by atoms with van der Waals surface area (Å²) >= 11 is 0. The number of carbonyl (C=O) groups excluding carboxylic acids is 1. The van der Waals surface area contributed by atoms with Crippen molar-refractivity contribution in [2.24, 2.45) is 0 Å². The summed E-state index contributed by atoms with van der Waals surface area (Å²) in [4.78, 5) is 10.6. The summed E-state index contributed by atoms with van der Waals surface area (Å²) in [6.07, 6.45) is 6.66. The van der Waals surface area contributed by atoms with E-state index in [9.17, 15) is 4.79 Å². The quantitative estimate of drug-likeness (QED) is 0.281. The molecule has 0 fully saturated rings. The van der Waals surface area contributed by atoms with Crippen LogP contribution >= 0.6 is 0 Å². The van der Waals surface area contributed by atoms with E-state index in [1.165, 1.54) is 6.08 Å². The van der Waals surface area contributed by atoms with Crippen LogP contribution in [0.25, 0.3) is 0 Å². The molecule has 11 heavy (non-hydrogen) atoms. The Bertz CT molecular complexity index is 150. The van der Waals surface area contributed by atoms with Crippen molar-refractivity contribution >= 4 is 57.4 Å². The van der Waals surface area contributed by atoms with Crippen LogP contribution < -0.4 is 0 Å². The van der Waals surface area contributed by atoms with Crippen LogP contribution in [0.3, 0.4) is 0 Å². The van der Waals surface area contributed by atoms with Crippen LogP contribution in [-0.2, 0) is 9.53 Å². The summed E-state index contributed by atoms with van der Waals surface area (Å²) in [5.41, 5.74) is 0. The molecule has 0 saturated heterocycles. The van der Waals surface area contributed by atoms with Crippen LogP contribution in [0.15, 0.2) is 24.3 Å². The molecule has 0 bridgehead atoms. The molecule has 0 radical (unpaired) electrons. The van der Waals surface area contributed by atoms with Gasteiger partial charge in [-0.2, -0.15) is 0 Å². The summed E-state index contributed by atoms with van der Waals surface area (Å²) in [7, 11) is 0. The Hall–Kier alpha value is 0.586. The minimum absolute atomic E-state index is 0. The zero-order valence-corrected chi connectivity index (χ0v) is 6.33. The van der Waals surface area contributed by atoms with Crippen molar-refractivity contribution in [3.8, 4) is 0 Å². The summed E-state index contributed by atoms with van der Waals surface area (Å²) in [5.74, 6) is -0.291. The number of rotatable bonds is 3. The topological polar surface area (TPSA) is 26.3 Å². The van der Waals surface area contributed by atoms with E-state index >= 15 is 0 Å². The molecule has 0 N–H and O–H groups in total. The standard InChI is InChI=1S/C8H12O2.K.H/c1-3-5-6-7-8(9)10-4-2;;/h3,5-7H,4H2,1-2H3;;/b5-3+,7-6+;;. The van der Waals surface area contributed by atoms with Crippen molar-refractivity contribution in [3.05, 3.63) is 24.3 Å². The van der Waals surface area contributed by atoms with Gasteiger partial charge in [-0.05, 0) is 13.8 Å². The van der Waals surface area contributed by atoms with Gasteiger partial charge < -0.3 is 4.74 Å². The van der Waals surface area contributed by atoms with Gasteiger partial charge in [0.25, 0.3) is 0 Å². The third-order valence-electron chi connectivity index (χ3n) is 0.822. The Morgan fingerprint density at radius 1 is 1.45 bits per heavy atom. The molecule has 2 nitrogen and oxygen atoms in total. The number of ether oxygens (including phenoxy) is 1.